The van der Waals surface area contributed by atoms with Gasteiger partial charge in [0.2, 0.25) is 5.91 Å². The van der Waals surface area contributed by atoms with Crippen LogP contribution in [0.2, 0.25) is 0 Å². The van der Waals surface area contributed by atoms with Gasteiger partial charge in [0.1, 0.15) is 10.4 Å². The van der Waals surface area contributed by atoms with Crippen LogP contribution in [0.15, 0.2) is 30.3 Å². The highest BCUT2D eigenvalue weighted by molar-refractivity contribution is 8.23. The second-order valence-corrected chi connectivity index (χ2v) is 5.70. The minimum Gasteiger partial charge on any atom is -0.467 e. The van der Waals surface area contributed by atoms with Gasteiger partial charge in [-0.05, 0) is 5.56 Å². The van der Waals surface area contributed by atoms with E-state index in [2.05, 4.69) is 0 Å². The molecule has 1 saturated heterocycles. The molecule has 1 fully saturated rings. The third-order valence-corrected chi connectivity index (χ3v) is 4.29. The molecule has 0 bridgehead atoms. The fourth-order valence-corrected chi connectivity index (χ4v) is 3.25. The van der Waals surface area contributed by atoms with Crippen molar-refractivity contribution in [2.24, 2.45) is 0 Å². The summed E-state index contributed by atoms with van der Waals surface area (Å²) >= 11 is 6.47. The number of nitrogens with zero attached hydrogens (tertiary/aromatic N) is 1. The van der Waals surface area contributed by atoms with Gasteiger partial charge < -0.3 is 4.74 Å². The van der Waals surface area contributed by atoms with Gasteiger partial charge in [-0.25, -0.2) is 4.79 Å². The first-order chi connectivity index (χ1) is 9.13. The van der Waals surface area contributed by atoms with Crippen LogP contribution in [-0.4, -0.2) is 40.0 Å². The molecule has 0 saturated carbocycles. The highest BCUT2D eigenvalue weighted by Gasteiger charge is 2.39. The van der Waals surface area contributed by atoms with Crippen LogP contribution in [0.1, 0.15) is 5.56 Å². The summed E-state index contributed by atoms with van der Waals surface area (Å²) in [5.74, 6) is -0.128. The predicted octanol–water partition coefficient (Wildman–Crippen LogP) is 1.63. The molecule has 2 rings (SSSR count). The molecule has 1 aliphatic heterocycles. The molecule has 0 aromatic heterocycles. The number of ether oxygens (including phenoxy) is 1. The Hall–Kier alpha value is -1.40. The Morgan fingerprint density at radius 1 is 1.42 bits per heavy atom. The Labute approximate surface area is 121 Å². The van der Waals surface area contributed by atoms with Crippen molar-refractivity contribution in [2.75, 3.05) is 12.9 Å². The maximum Gasteiger partial charge on any atom is 0.329 e. The van der Waals surface area contributed by atoms with E-state index in [9.17, 15) is 9.59 Å². The van der Waals surface area contributed by atoms with Crippen LogP contribution < -0.4 is 0 Å². The Morgan fingerprint density at radius 3 is 2.74 bits per heavy atom. The van der Waals surface area contributed by atoms with E-state index in [0.717, 1.165) is 5.56 Å². The van der Waals surface area contributed by atoms with E-state index in [1.807, 2.05) is 30.3 Å². The van der Waals surface area contributed by atoms with Gasteiger partial charge in [-0.3, -0.25) is 9.69 Å². The first-order valence-corrected chi connectivity index (χ1v) is 7.13. The molecule has 6 heteroatoms. The van der Waals surface area contributed by atoms with Crippen LogP contribution in [0.25, 0.3) is 0 Å². The summed E-state index contributed by atoms with van der Waals surface area (Å²) < 4.78 is 5.15. The van der Waals surface area contributed by atoms with Gasteiger partial charge in [0.05, 0.1) is 13.5 Å². The zero-order chi connectivity index (χ0) is 13.8. The first kappa shape index (κ1) is 14.0. The molecular weight excluding hydrogens is 282 g/mol. The summed E-state index contributed by atoms with van der Waals surface area (Å²) in [6, 6.07) is 8.78. The number of hydrogen-bond acceptors (Lipinski definition) is 5. The molecule has 1 aromatic carbocycles. The summed E-state index contributed by atoms with van der Waals surface area (Å²) in [4.78, 5) is 25.3. The van der Waals surface area contributed by atoms with Gasteiger partial charge in [-0.1, -0.05) is 54.3 Å². The van der Waals surface area contributed by atoms with Crippen molar-refractivity contribution in [1.82, 2.24) is 4.90 Å². The topological polar surface area (TPSA) is 46.6 Å². The van der Waals surface area contributed by atoms with Crippen molar-refractivity contribution in [2.45, 2.75) is 12.5 Å². The molecule has 4 nitrogen and oxygen atoms in total. The Kier molecular flexibility index (Phi) is 4.55. The van der Waals surface area contributed by atoms with Crippen molar-refractivity contribution in [3.05, 3.63) is 35.9 Å². The number of carbonyl (C=O) groups is 2. The standard InChI is InChI=1S/C13H13NO3S2/c1-17-12(16)10-8-19-13(18)14(10)11(15)7-9-5-3-2-4-6-9/h2-6,10H,7-8H2,1H3. The largest absolute Gasteiger partial charge is 0.467 e. The van der Waals surface area contributed by atoms with Crippen LogP contribution in [0.4, 0.5) is 0 Å². The molecule has 19 heavy (non-hydrogen) atoms. The third-order valence-electron chi connectivity index (χ3n) is 2.81. The molecule has 1 heterocycles. The third kappa shape index (κ3) is 3.13. The van der Waals surface area contributed by atoms with Crippen LogP contribution in [0.5, 0.6) is 0 Å². The predicted molar refractivity (Wildman–Crippen MR) is 77.9 cm³/mol. The molecule has 0 radical (unpaired) electrons. The molecule has 0 spiro atoms. The Bertz CT molecular complexity index is 504. The molecule has 1 atom stereocenters. The minimum absolute atomic E-state index is 0.170. The lowest BCUT2D eigenvalue weighted by atomic mass is 10.1. The van der Waals surface area contributed by atoms with Gasteiger partial charge in [0.15, 0.2) is 0 Å². The maximum absolute atomic E-state index is 12.3. The van der Waals surface area contributed by atoms with E-state index in [1.165, 1.54) is 23.8 Å². The van der Waals surface area contributed by atoms with Crippen molar-refractivity contribution < 1.29 is 14.3 Å². The van der Waals surface area contributed by atoms with Crippen molar-refractivity contribution in [3.63, 3.8) is 0 Å². The minimum atomic E-state index is -0.598. The van der Waals surface area contributed by atoms with E-state index in [1.54, 1.807) is 0 Å². The lowest BCUT2D eigenvalue weighted by Crippen LogP contribution is -2.44. The van der Waals surface area contributed by atoms with E-state index in [0.29, 0.717) is 10.1 Å². The lowest BCUT2D eigenvalue weighted by molar-refractivity contribution is -0.148. The molecule has 1 amide bonds. The van der Waals surface area contributed by atoms with Crippen LogP contribution in [0, 0.1) is 0 Å². The molecule has 0 aliphatic carbocycles. The summed E-state index contributed by atoms with van der Waals surface area (Å²) in [6.07, 6.45) is 0.231. The number of hydrogen-bond donors (Lipinski definition) is 0. The second-order valence-electron chi connectivity index (χ2n) is 4.04. The fourth-order valence-electron chi connectivity index (χ4n) is 1.86. The average molecular weight is 295 g/mol. The number of thioether (sulfide) groups is 1. The van der Waals surface area contributed by atoms with Gasteiger partial charge >= 0.3 is 5.97 Å². The molecule has 1 unspecified atom stereocenters. The highest BCUT2D eigenvalue weighted by atomic mass is 32.2. The van der Waals surface area contributed by atoms with E-state index in [-0.39, 0.29) is 12.3 Å². The molecule has 100 valence electrons. The van der Waals surface area contributed by atoms with E-state index in [4.69, 9.17) is 17.0 Å². The number of rotatable bonds is 3. The first-order valence-electron chi connectivity index (χ1n) is 5.74. The van der Waals surface area contributed by atoms with Gasteiger partial charge in [0, 0.05) is 5.75 Å². The van der Waals surface area contributed by atoms with E-state index >= 15 is 0 Å². The zero-order valence-electron chi connectivity index (χ0n) is 10.4. The van der Waals surface area contributed by atoms with Crippen molar-refractivity contribution >= 4 is 40.2 Å². The summed E-state index contributed by atoms with van der Waals surface area (Å²) in [6.45, 7) is 0. The molecule has 1 aromatic rings. The normalized spacial score (nSPS) is 18.5. The fraction of sp³-hybridized carbons (Fsp3) is 0.308. The lowest BCUT2D eigenvalue weighted by Gasteiger charge is -2.21. The number of methoxy groups -OCH3 is 1. The van der Waals surface area contributed by atoms with Crippen LogP contribution in [-0.2, 0) is 20.7 Å². The average Bonchev–Trinajstić information content (AvgIpc) is 2.81. The number of benzene rings is 1. The van der Waals surface area contributed by atoms with Crippen LogP contribution in [0.3, 0.4) is 0 Å². The maximum atomic E-state index is 12.3. The molecular formula is C13H13NO3S2. The van der Waals surface area contributed by atoms with Crippen LogP contribution >= 0.6 is 24.0 Å². The van der Waals surface area contributed by atoms with Crippen molar-refractivity contribution in [3.8, 4) is 0 Å². The highest BCUT2D eigenvalue weighted by Crippen LogP contribution is 2.26. The monoisotopic (exact) mass is 295 g/mol. The second kappa shape index (κ2) is 6.16. The summed E-state index contributed by atoms with van der Waals surface area (Å²) in [5, 5.41) is 0. The smallest absolute Gasteiger partial charge is 0.329 e. The summed E-state index contributed by atoms with van der Waals surface area (Å²) in [7, 11) is 1.31. The van der Waals surface area contributed by atoms with E-state index < -0.39 is 12.0 Å². The Balaban J connectivity index is 2.12. The molecule has 0 N–H and O–H groups in total. The number of esters is 1. The Morgan fingerprint density at radius 2 is 2.11 bits per heavy atom. The number of carbonyl (C=O) groups excluding carboxylic acids is 2. The van der Waals surface area contributed by atoms with Gasteiger partial charge in [-0.15, -0.1) is 0 Å². The van der Waals surface area contributed by atoms with Gasteiger partial charge in [-0.2, -0.15) is 0 Å². The number of thiocarbonyl (C=S) groups is 1. The zero-order valence-corrected chi connectivity index (χ0v) is 12.0. The van der Waals surface area contributed by atoms with Crippen molar-refractivity contribution in [1.29, 1.82) is 0 Å². The summed E-state index contributed by atoms with van der Waals surface area (Å²) in [5.41, 5.74) is 0.899. The SMILES string of the molecule is COC(=O)C1CSC(=S)N1C(=O)Cc1ccccc1. The molecule has 1 aliphatic rings. The van der Waals surface area contributed by atoms with Gasteiger partial charge in [0.25, 0.3) is 0 Å². The number of amides is 1. The quantitative estimate of drug-likeness (QED) is 0.626.